The molecule has 0 aliphatic carbocycles. The summed E-state index contributed by atoms with van der Waals surface area (Å²) in [5, 5.41) is 10.6. The fraction of sp³-hybridized carbons (Fsp3) is 0.364. The zero-order valence-electron chi connectivity index (χ0n) is 16.2. The Morgan fingerprint density at radius 3 is 2.44 bits per heavy atom. The van der Waals surface area contributed by atoms with Gasteiger partial charge in [0.1, 0.15) is 18.5 Å². The Bertz CT molecular complexity index is 902. The van der Waals surface area contributed by atoms with Crippen molar-refractivity contribution in [2.75, 3.05) is 4.90 Å². The number of benzene rings is 2. The van der Waals surface area contributed by atoms with E-state index >= 15 is 0 Å². The Labute approximate surface area is 160 Å². The van der Waals surface area contributed by atoms with Gasteiger partial charge in [-0.05, 0) is 44.5 Å². The van der Waals surface area contributed by atoms with Gasteiger partial charge in [-0.25, -0.2) is 4.98 Å². The number of anilines is 1. The molecule has 1 unspecified atom stereocenters. The second-order valence-electron chi connectivity index (χ2n) is 7.04. The van der Waals surface area contributed by atoms with E-state index in [2.05, 4.69) is 4.98 Å². The largest absolute Gasteiger partial charge is 0.385 e. The molecule has 27 heavy (non-hydrogen) atoms. The van der Waals surface area contributed by atoms with Gasteiger partial charge in [0.05, 0.1) is 11.0 Å². The van der Waals surface area contributed by atoms with E-state index in [1.807, 2.05) is 79.9 Å². The minimum Gasteiger partial charge on any atom is -0.385 e. The molecule has 5 heteroatoms. The Morgan fingerprint density at radius 1 is 1.11 bits per heavy atom. The van der Waals surface area contributed by atoms with Crippen molar-refractivity contribution in [2.24, 2.45) is 0 Å². The highest BCUT2D eigenvalue weighted by molar-refractivity contribution is 5.94. The van der Waals surface area contributed by atoms with Crippen LogP contribution in [-0.2, 0) is 11.3 Å². The molecule has 0 bridgehead atoms. The molecule has 1 amide bonds. The van der Waals surface area contributed by atoms with Crippen LogP contribution < -0.4 is 4.90 Å². The van der Waals surface area contributed by atoms with E-state index in [0.717, 1.165) is 23.1 Å². The maximum Gasteiger partial charge on any atom is 0.247 e. The van der Waals surface area contributed by atoms with E-state index in [9.17, 15) is 9.90 Å². The lowest BCUT2D eigenvalue weighted by atomic mass is 10.2. The topological polar surface area (TPSA) is 58.4 Å². The van der Waals surface area contributed by atoms with Gasteiger partial charge in [-0.15, -0.1) is 0 Å². The third-order valence-corrected chi connectivity index (χ3v) is 4.66. The van der Waals surface area contributed by atoms with Crippen molar-refractivity contribution >= 4 is 22.6 Å². The standard InChI is InChI=1S/C22H27N3O2/c1-4-10-20(26)22-23-18-13-8-9-14-19(18)24(22)15-21(27)25(16(2)3)17-11-6-5-7-12-17/h5-9,11-14,16,20,26H,4,10,15H2,1-3H3. The zero-order valence-corrected chi connectivity index (χ0v) is 16.2. The highest BCUT2D eigenvalue weighted by Crippen LogP contribution is 2.25. The monoisotopic (exact) mass is 365 g/mol. The third-order valence-electron chi connectivity index (χ3n) is 4.66. The molecule has 0 saturated heterocycles. The van der Waals surface area contributed by atoms with Gasteiger partial charge in [-0.1, -0.05) is 43.7 Å². The number of aliphatic hydroxyl groups is 1. The molecule has 0 saturated carbocycles. The molecule has 0 radical (unpaired) electrons. The first-order valence-electron chi connectivity index (χ1n) is 9.53. The first-order valence-corrected chi connectivity index (χ1v) is 9.53. The van der Waals surface area contributed by atoms with Crippen LogP contribution >= 0.6 is 0 Å². The molecule has 3 aromatic rings. The predicted octanol–water partition coefficient (Wildman–Crippen LogP) is 4.31. The summed E-state index contributed by atoms with van der Waals surface area (Å²) in [4.78, 5) is 19.6. The van der Waals surface area contributed by atoms with Crippen LogP contribution in [0.25, 0.3) is 11.0 Å². The summed E-state index contributed by atoms with van der Waals surface area (Å²) in [6, 6.07) is 17.4. The summed E-state index contributed by atoms with van der Waals surface area (Å²) in [6.45, 7) is 6.18. The van der Waals surface area contributed by atoms with Gasteiger partial charge in [0.2, 0.25) is 5.91 Å². The zero-order chi connectivity index (χ0) is 19.4. The highest BCUT2D eigenvalue weighted by Gasteiger charge is 2.24. The second-order valence-corrected chi connectivity index (χ2v) is 7.04. The molecule has 0 fully saturated rings. The summed E-state index contributed by atoms with van der Waals surface area (Å²) >= 11 is 0. The van der Waals surface area contributed by atoms with Crippen LogP contribution in [0.1, 0.15) is 45.5 Å². The summed E-state index contributed by atoms with van der Waals surface area (Å²) in [5.41, 5.74) is 2.54. The molecule has 3 rings (SSSR count). The van der Waals surface area contributed by atoms with Gasteiger partial charge in [0, 0.05) is 11.7 Å². The van der Waals surface area contributed by atoms with E-state index in [1.165, 1.54) is 0 Å². The second kappa shape index (κ2) is 8.35. The van der Waals surface area contributed by atoms with Crippen molar-refractivity contribution in [2.45, 2.75) is 52.3 Å². The maximum absolute atomic E-state index is 13.2. The van der Waals surface area contributed by atoms with Crippen LogP contribution in [0, 0.1) is 0 Å². The van der Waals surface area contributed by atoms with Gasteiger partial charge in [0.15, 0.2) is 0 Å². The van der Waals surface area contributed by atoms with Gasteiger partial charge in [-0.2, -0.15) is 0 Å². The number of carbonyl (C=O) groups is 1. The first-order chi connectivity index (χ1) is 13.0. The Balaban J connectivity index is 1.99. The van der Waals surface area contributed by atoms with Crippen LogP contribution in [0.3, 0.4) is 0 Å². The molecule has 2 aromatic carbocycles. The number of nitrogens with zero attached hydrogens (tertiary/aromatic N) is 3. The number of imidazole rings is 1. The van der Waals surface area contributed by atoms with E-state index in [1.54, 1.807) is 4.90 Å². The molecule has 1 atom stereocenters. The lowest BCUT2D eigenvalue weighted by Gasteiger charge is -2.27. The van der Waals surface area contributed by atoms with Crippen LogP contribution in [0.2, 0.25) is 0 Å². The third kappa shape index (κ3) is 4.03. The minimum atomic E-state index is -0.681. The first kappa shape index (κ1) is 19.1. The fourth-order valence-corrected chi connectivity index (χ4v) is 3.45. The van der Waals surface area contributed by atoms with E-state index in [0.29, 0.717) is 12.2 Å². The van der Waals surface area contributed by atoms with Crippen molar-refractivity contribution in [3.63, 3.8) is 0 Å². The number of carbonyl (C=O) groups excluding carboxylic acids is 1. The molecule has 5 nitrogen and oxygen atoms in total. The highest BCUT2D eigenvalue weighted by atomic mass is 16.3. The lowest BCUT2D eigenvalue weighted by molar-refractivity contribution is -0.119. The average Bonchev–Trinajstić information content (AvgIpc) is 3.01. The van der Waals surface area contributed by atoms with E-state index in [-0.39, 0.29) is 18.5 Å². The molecule has 1 N–H and O–H groups in total. The number of amides is 1. The predicted molar refractivity (Wildman–Crippen MR) is 109 cm³/mol. The van der Waals surface area contributed by atoms with Gasteiger partial charge in [-0.3, -0.25) is 4.79 Å². The number of para-hydroxylation sites is 3. The van der Waals surface area contributed by atoms with Crippen molar-refractivity contribution in [3.05, 3.63) is 60.4 Å². The molecular weight excluding hydrogens is 338 g/mol. The summed E-state index contributed by atoms with van der Waals surface area (Å²) in [6.07, 6.45) is 0.782. The molecule has 142 valence electrons. The van der Waals surface area contributed by atoms with Crippen LogP contribution in [0.5, 0.6) is 0 Å². The summed E-state index contributed by atoms with van der Waals surface area (Å²) in [7, 11) is 0. The van der Waals surface area contributed by atoms with Crippen LogP contribution in [-0.4, -0.2) is 26.6 Å². The van der Waals surface area contributed by atoms with Crippen molar-refractivity contribution < 1.29 is 9.90 Å². The van der Waals surface area contributed by atoms with Gasteiger partial charge < -0.3 is 14.6 Å². The number of hydrogen-bond donors (Lipinski definition) is 1. The molecule has 0 spiro atoms. The maximum atomic E-state index is 13.2. The number of aliphatic hydroxyl groups excluding tert-OH is 1. The smallest absolute Gasteiger partial charge is 0.247 e. The van der Waals surface area contributed by atoms with Crippen LogP contribution in [0.4, 0.5) is 5.69 Å². The Morgan fingerprint density at radius 2 is 1.78 bits per heavy atom. The van der Waals surface area contributed by atoms with Crippen molar-refractivity contribution in [3.8, 4) is 0 Å². The fourth-order valence-electron chi connectivity index (χ4n) is 3.45. The SMILES string of the molecule is CCCC(O)c1nc2ccccc2n1CC(=O)N(c1ccccc1)C(C)C. The molecule has 1 heterocycles. The van der Waals surface area contributed by atoms with Crippen molar-refractivity contribution in [1.82, 2.24) is 9.55 Å². The molecule has 0 aliphatic heterocycles. The van der Waals surface area contributed by atoms with E-state index in [4.69, 9.17) is 0 Å². The number of fused-ring (bicyclic) bond motifs is 1. The Kier molecular flexibility index (Phi) is 5.91. The number of hydrogen-bond acceptors (Lipinski definition) is 3. The summed E-state index contributed by atoms with van der Waals surface area (Å²) in [5.74, 6) is 0.535. The lowest BCUT2D eigenvalue weighted by Crippen LogP contribution is -2.39. The summed E-state index contributed by atoms with van der Waals surface area (Å²) < 4.78 is 1.86. The number of rotatable bonds is 7. The Hall–Kier alpha value is -2.66. The average molecular weight is 365 g/mol. The molecular formula is C22H27N3O2. The molecule has 1 aromatic heterocycles. The normalized spacial score (nSPS) is 12.5. The van der Waals surface area contributed by atoms with Gasteiger partial charge >= 0.3 is 0 Å². The molecule has 0 aliphatic rings. The number of aromatic nitrogens is 2. The van der Waals surface area contributed by atoms with Crippen molar-refractivity contribution in [1.29, 1.82) is 0 Å². The van der Waals surface area contributed by atoms with Gasteiger partial charge in [0.25, 0.3) is 0 Å². The minimum absolute atomic E-state index is 0.0238. The van der Waals surface area contributed by atoms with E-state index < -0.39 is 6.10 Å². The van der Waals surface area contributed by atoms with Crippen LogP contribution in [0.15, 0.2) is 54.6 Å². The quantitative estimate of drug-likeness (QED) is 0.679.